The topological polar surface area (TPSA) is 177 Å². The molecule has 23 heavy (non-hydrogen) atoms. The number of ether oxygens (including phenoxy) is 1. The first kappa shape index (κ1) is 17.7. The largest absolute Gasteiger partial charge is 0.394 e. The number of rotatable bonds is 8. The molecule has 2 atom stereocenters. The van der Waals surface area contributed by atoms with E-state index in [0.29, 0.717) is 11.2 Å². The Hall–Kier alpha value is -1.62. The van der Waals surface area contributed by atoms with Gasteiger partial charge in [0.2, 0.25) is 0 Å². The third-order valence-electron chi connectivity index (χ3n) is 3.15. The van der Waals surface area contributed by atoms with Gasteiger partial charge in [0.15, 0.2) is 17.7 Å². The summed E-state index contributed by atoms with van der Waals surface area (Å²) in [5.41, 5.74) is 6.35. The highest BCUT2D eigenvalue weighted by molar-refractivity contribution is 7.51. The molecule has 2 aromatic rings. The third kappa shape index (κ3) is 4.44. The molecule has 0 aliphatic heterocycles. The average Bonchev–Trinajstić information content (AvgIpc) is 2.92. The maximum absolute atomic E-state index is 10.9. The number of nitrogens with two attached hydrogens (primary N) is 1. The van der Waals surface area contributed by atoms with Crippen molar-refractivity contribution in [3.63, 3.8) is 0 Å². The molecule has 6 N–H and O–H groups in total. The Morgan fingerprint density at radius 3 is 2.61 bits per heavy atom. The lowest BCUT2D eigenvalue weighted by Gasteiger charge is -2.23. The zero-order valence-electron chi connectivity index (χ0n) is 12.1. The summed E-state index contributed by atoms with van der Waals surface area (Å²) in [4.78, 5) is 29.6. The molecule has 0 spiro atoms. The Labute approximate surface area is 130 Å². The minimum atomic E-state index is -4.20. The molecule has 0 radical (unpaired) electrons. The van der Waals surface area contributed by atoms with Crippen molar-refractivity contribution in [3.05, 3.63) is 12.7 Å². The van der Waals surface area contributed by atoms with Gasteiger partial charge >= 0.3 is 7.60 Å². The van der Waals surface area contributed by atoms with Gasteiger partial charge < -0.3 is 30.5 Å². The molecule has 0 fully saturated rings. The molecular formula is C11H18N5O6P. The van der Waals surface area contributed by atoms with Crippen molar-refractivity contribution in [2.75, 3.05) is 25.1 Å². The van der Waals surface area contributed by atoms with Crippen molar-refractivity contribution in [1.82, 2.24) is 19.5 Å². The highest BCUT2D eigenvalue weighted by atomic mass is 31.2. The molecule has 12 heteroatoms. The zero-order valence-corrected chi connectivity index (χ0v) is 13.0. The summed E-state index contributed by atoms with van der Waals surface area (Å²) in [7, 11) is -4.20. The van der Waals surface area contributed by atoms with Gasteiger partial charge in [0, 0.05) is 0 Å². The van der Waals surface area contributed by atoms with Gasteiger partial charge in [0.05, 0.1) is 31.8 Å². The summed E-state index contributed by atoms with van der Waals surface area (Å²) < 4.78 is 17.8. The molecule has 0 aliphatic carbocycles. The summed E-state index contributed by atoms with van der Waals surface area (Å²) in [6.07, 6.45) is 0.284. The molecular weight excluding hydrogens is 329 g/mol. The van der Waals surface area contributed by atoms with E-state index < -0.39 is 39.3 Å². The molecule has 0 aliphatic rings. The van der Waals surface area contributed by atoms with Gasteiger partial charge in [-0.3, -0.25) is 9.13 Å². The number of aromatic nitrogens is 4. The zero-order chi connectivity index (χ0) is 17.0. The average molecular weight is 347 g/mol. The predicted octanol–water partition coefficient (Wildman–Crippen LogP) is -1.16. The molecule has 2 aromatic heterocycles. The van der Waals surface area contributed by atoms with Gasteiger partial charge in [-0.1, -0.05) is 0 Å². The predicted molar refractivity (Wildman–Crippen MR) is 79.3 cm³/mol. The first-order chi connectivity index (χ1) is 10.9. The smallest absolute Gasteiger partial charge is 0.325 e. The second kappa shape index (κ2) is 7.30. The summed E-state index contributed by atoms with van der Waals surface area (Å²) in [5, 5.41) is 18.8. The Balaban J connectivity index is 2.17. The number of aliphatic hydroxyl groups excluding tert-OH is 2. The summed E-state index contributed by atoms with van der Waals surface area (Å²) in [5.74, 6) is 0.172. The van der Waals surface area contributed by atoms with Crippen LogP contribution in [0.25, 0.3) is 11.2 Å². The lowest BCUT2D eigenvalue weighted by atomic mass is 10.3. The van der Waals surface area contributed by atoms with Crippen molar-refractivity contribution in [1.29, 1.82) is 0 Å². The fourth-order valence-corrected chi connectivity index (χ4v) is 2.64. The second-order valence-electron chi connectivity index (χ2n) is 4.84. The molecule has 2 unspecified atom stereocenters. The fraction of sp³-hybridized carbons (Fsp3) is 0.545. The first-order valence-corrected chi connectivity index (χ1v) is 8.50. The van der Waals surface area contributed by atoms with Gasteiger partial charge in [-0.15, -0.1) is 0 Å². The lowest BCUT2D eigenvalue weighted by molar-refractivity contribution is -0.0955. The number of fused-ring (bicyclic) bond motifs is 1. The number of nitrogen functional groups attached to an aromatic ring is 1. The van der Waals surface area contributed by atoms with Crippen molar-refractivity contribution >= 4 is 24.6 Å². The number of hydrogen-bond acceptors (Lipinski definition) is 8. The molecule has 128 valence electrons. The van der Waals surface area contributed by atoms with Crippen LogP contribution in [0.1, 0.15) is 12.6 Å². The van der Waals surface area contributed by atoms with Crippen LogP contribution in [-0.2, 0) is 9.30 Å². The number of aliphatic hydroxyl groups is 2. The summed E-state index contributed by atoms with van der Waals surface area (Å²) >= 11 is 0. The van der Waals surface area contributed by atoms with E-state index in [1.54, 1.807) is 0 Å². The molecule has 0 saturated heterocycles. The van der Waals surface area contributed by atoms with Crippen LogP contribution in [-0.4, -0.2) is 65.0 Å². The molecule has 2 rings (SSSR count). The number of nitrogens with zero attached hydrogens (tertiary/aromatic N) is 4. The Bertz CT molecular complexity index is 703. The van der Waals surface area contributed by atoms with E-state index in [4.69, 9.17) is 20.3 Å². The van der Waals surface area contributed by atoms with Crippen LogP contribution < -0.4 is 5.73 Å². The molecule has 0 amide bonds. The monoisotopic (exact) mass is 347 g/mol. The van der Waals surface area contributed by atoms with E-state index in [1.165, 1.54) is 17.2 Å². The van der Waals surface area contributed by atoms with Gasteiger partial charge in [0.25, 0.3) is 0 Å². The van der Waals surface area contributed by atoms with Crippen LogP contribution in [0.5, 0.6) is 0 Å². The van der Waals surface area contributed by atoms with Crippen LogP contribution in [0.3, 0.4) is 0 Å². The van der Waals surface area contributed by atoms with E-state index in [0.717, 1.165) is 0 Å². The van der Waals surface area contributed by atoms with Crippen LogP contribution in [0.4, 0.5) is 5.82 Å². The third-order valence-corrected chi connectivity index (χ3v) is 3.99. The quantitative estimate of drug-likeness (QED) is 0.366. The van der Waals surface area contributed by atoms with E-state index >= 15 is 0 Å². The van der Waals surface area contributed by atoms with Crippen LogP contribution >= 0.6 is 7.60 Å². The molecule has 0 saturated carbocycles. The van der Waals surface area contributed by atoms with Gasteiger partial charge in [0.1, 0.15) is 11.8 Å². The molecule has 0 aromatic carbocycles. The lowest BCUT2D eigenvalue weighted by Crippen LogP contribution is -2.27. The van der Waals surface area contributed by atoms with Crippen molar-refractivity contribution in [2.24, 2.45) is 0 Å². The van der Waals surface area contributed by atoms with E-state index in [9.17, 15) is 14.8 Å². The van der Waals surface area contributed by atoms with Gasteiger partial charge in [-0.05, 0) is 6.42 Å². The van der Waals surface area contributed by atoms with E-state index in [2.05, 4.69) is 15.0 Å². The Morgan fingerprint density at radius 2 is 2.00 bits per heavy atom. The minimum absolute atomic E-state index is 0.0684. The van der Waals surface area contributed by atoms with Crippen LogP contribution in [0.2, 0.25) is 0 Å². The highest BCUT2D eigenvalue weighted by Gasteiger charge is 2.23. The number of imidazole rings is 1. The van der Waals surface area contributed by atoms with Gasteiger partial charge in [-0.25, -0.2) is 15.0 Å². The van der Waals surface area contributed by atoms with Crippen molar-refractivity contribution in [2.45, 2.75) is 18.8 Å². The number of hydrogen-bond donors (Lipinski definition) is 5. The second-order valence-corrected chi connectivity index (χ2v) is 6.61. The standard InChI is InChI=1S/C11H18N5O6P/c12-10-9-11(14-5-13-10)16(6-15-9)8(4-18)22-7(3-17)1-2-23(19,20)21/h5-8,17-18H,1-4H2,(H2,12,13,14)(H2,19,20,21). The van der Waals surface area contributed by atoms with E-state index in [1.807, 2.05) is 0 Å². The van der Waals surface area contributed by atoms with Crippen LogP contribution in [0.15, 0.2) is 12.7 Å². The maximum Gasteiger partial charge on any atom is 0.325 e. The maximum atomic E-state index is 10.9. The highest BCUT2D eigenvalue weighted by Crippen LogP contribution is 2.36. The van der Waals surface area contributed by atoms with E-state index in [-0.39, 0.29) is 12.2 Å². The summed E-state index contributed by atoms with van der Waals surface area (Å²) in [6.45, 7) is -0.915. The Kier molecular flexibility index (Phi) is 5.63. The van der Waals surface area contributed by atoms with Crippen molar-refractivity contribution < 1.29 is 29.3 Å². The number of anilines is 1. The van der Waals surface area contributed by atoms with Gasteiger partial charge in [-0.2, -0.15) is 0 Å². The SMILES string of the molecule is Nc1ncnc2c1ncn2C(CO)OC(CO)CCP(=O)(O)O. The minimum Gasteiger partial charge on any atom is -0.394 e. The molecule has 2 heterocycles. The fourth-order valence-electron chi connectivity index (χ4n) is 2.01. The molecule has 11 nitrogen and oxygen atoms in total. The molecule has 0 bridgehead atoms. The normalized spacial score (nSPS) is 15.0. The summed E-state index contributed by atoms with van der Waals surface area (Å²) in [6, 6.07) is 0. The first-order valence-electron chi connectivity index (χ1n) is 6.70. The Morgan fingerprint density at radius 1 is 1.26 bits per heavy atom. The van der Waals surface area contributed by atoms with Crippen molar-refractivity contribution in [3.8, 4) is 0 Å². The van der Waals surface area contributed by atoms with Crippen LogP contribution in [0, 0.1) is 0 Å².